The van der Waals surface area contributed by atoms with Crippen LogP contribution in [0.5, 0.6) is 5.75 Å². The fraction of sp³-hybridized carbons (Fsp3) is 0.455. The summed E-state index contributed by atoms with van der Waals surface area (Å²) in [7, 11) is 0. The largest absolute Gasteiger partial charge is 0.434 e. The molecule has 0 spiro atoms. The zero-order chi connectivity index (χ0) is 14.4. The van der Waals surface area contributed by atoms with Gasteiger partial charge in [-0.2, -0.15) is 8.78 Å². The lowest BCUT2D eigenvalue weighted by atomic mass is 10.2. The van der Waals surface area contributed by atoms with Crippen molar-refractivity contribution in [3.8, 4) is 5.75 Å². The second-order valence-electron chi connectivity index (χ2n) is 3.66. The zero-order valence-electron chi connectivity index (χ0n) is 9.62. The van der Waals surface area contributed by atoms with Crippen molar-refractivity contribution in [3.63, 3.8) is 0 Å². The summed E-state index contributed by atoms with van der Waals surface area (Å²) >= 11 is 3.17. The molecule has 108 valence electrons. The molecule has 0 amide bonds. The number of halogens is 5. The molecule has 0 aromatic heterocycles. The van der Waals surface area contributed by atoms with Gasteiger partial charge in [-0.1, -0.05) is 15.9 Å². The Morgan fingerprint density at radius 2 is 1.95 bits per heavy atom. The van der Waals surface area contributed by atoms with E-state index in [4.69, 9.17) is 5.11 Å². The molecule has 1 unspecified atom stereocenters. The van der Waals surface area contributed by atoms with Crippen molar-refractivity contribution in [2.45, 2.75) is 25.7 Å². The average Bonchev–Trinajstić information content (AvgIpc) is 2.31. The predicted molar refractivity (Wildman–Crippen MR) is 64.5 cm³/mol. The second-order valence-corrected chi connectivity index (χ2v) is 4.58. The van der Waals surface area contributed by atoms with Crippen LogP contribution in [0.4, 0.5) is 17.6 Å². The summed E-state index contributed by atoms with van der Waals surface area (Å²) in [5.41, 5.74) is 0.371. The fourth-order valence-electron chi connectivity index (χ4n) is 1.34. The third kappa shape index (κ3) is 5.75. The smallest absolute Gasteiger partial charge is 0.387 e. The first-order chi connectivity index (χ1) is 8.90. The number of nitrogens with one attached hydrogen (secondary N) is 1. The minimum Gasteiger partial charge on any atom is -0.434 e. The molecule has 0 fully saturated rings. The maximum absolute atomic E-state index is 12.2. The molecular formula is C11H12BrF4NO2. The van der Waals surface area contributed by atoms with Gasteiger partial charge >= 0.3 is 6.61 Å². The minimum absolute atomic E-state index is 0.0191. The second kappa shape index (κ2) is 7.66. The van der Waals surface area contributed by atoms with E-state index < -0.39 is 19.1 Å². The van der Waals surface area contributed by atoms with Gasteiger partial charge in [-0.3, -0.25) is 0 Å². The van der Waals surface area contributed by atoms with Crippen molar-refractivity contribution in [1.29, 1.82) is 0 Å². The number of ether oxygens (including phenoxy) is 1. The fourth-order valence-corrected chi connectivity index (χ4v) is 1.75. The first-order valence-corrected chi connectivity index (χ1v) is 6.09. The lowest BCUT2D eigenvalue weighted by molar-refractivity contribution is -0.0505. The molecule has 0 aliphatic carbocycles. The van der Waals surface area contributed by atoms with E-state index in [2.05, 4.69) is 26.0 Å². The number of hydrogen-bond acceptors (Lipinski definition) is 3. The van der Waals surface area contributed by atoms with E-state index >= 15 is 0 Å². The highest BCUT2D eigenvalue weighted by atomic mass is 79.9. The molecular weight excluding hydrogens is 334 g/mol. The molecule has 0 aliphatic heterocycles. The van der Waals surface area contributed by atoms with Crippen LogP contribution in [-0.4, -0.2) is 30.8 Å². The molecule has 0 heterocycles. The highest BCUT2D eigenvalue weighted by Crippen LogP contribution is 2.24. The predicted octanol–water partition coefficient (Wildman–Crippen LogP) is 2.77. The number of aliphatic hydroxyl groups excluding tert-OH is 1. The van der Waals surface area contributed by atoms with E-state index in [1.165, 1.54) is 18.2 Å². The van der Waals surface area contributed by atoms with Gasteiger partial charge in [0.05, 0.1) is 0 Å². The Labute approximate surface area is 115 Å². The summed E-state index contributed by atoms with van der Waals surface area (Å²) < 4.78 is 53.4. The van der Waals surface area contributed by atoms with Crippen molar-refractivity contribution in [3.05, 3.63) is 28.2 Å². The number of alkyl halides is 4. The lowest BCUT2D eigenvalue weighted by Gasteiger charge is -2.14. The van der Waals surface area contributed by atoms with E-state index in [-0.39, 0.29) is 18.8 Å². The topological polar surface area (TPSA) is 41.5 Å². The minimum atomic E-state index is -2.97. The van der Waals surface area contributed by atoms with Crippen molar-refractivity contribution in [2.75, 3.05) is 6.54 Å². The molecule has 1 aromatic carbocycles. The summed E-state index contributed by atoms with van der Waals surface area (Å²) in [4.78, 5) is 0. The molecule has 1 aromatic rings. The van der Waals surface area contributed by atoms with Crippen LogP contribution in [-0.2, 0) is 6.54 Å². The number of rotatable bonds is 7. The van der Waals surface area contributed by atoms with E-state index in [0.717, 1.165) is 0 Å². The third-order valence-electron chi connectivity index (χ3n) is 2.20. The Bertz CT molecular complexity index is 406. The highest BCUT2D eigenvalue weighted by molar-refractivity contribution is 9.10. The van der Waals surface area contributed by atoms with Crippen molar-refractivity contribution in [1.82, 2.24) is 5.32 Å². The van der Waals surface area contributed by atoms with Crippen LogP contribution in [0.25, 0.3) is 0 Å². The van der Waals surface area contributed by atoms with Gasteiger partial charge in [0, 0.05) is 23.1 Å². The molecule has 3 nitrogen and oxygen atoms in total. The first-order valence-electron chi connectivity index (χ1n) is 5.30. The Morgan fingerprint density at radius 1 is 1.26 bits per heavy atom. The van der Waals surface area contributed by atoms with Gasteiger partial charge in [-0.05, 0) is 18.2 Å². The molecule has 2 N–H and O–H groups in total. The molecule has 0 bridgehead atoms. The lowest BCUT2D eigenvalue weighted by Crippen LogP contribution is -2.31. The van der Waals surface area contributed by atoms with Crippen LogP contribution in [0, 0.1) is 0 Å². The summed E-state index contributed by atoms with van der Waals surface area (Å²) in [6.45, 7) is -3.30. The van der Waals surface area contributed by atoms with Gasteiger partial charge in [0.2, 0.25) is 0 Å². The quantitative estimate of drug-likeness (QED) is 0.746. The van der Waals surface area contributed by atoms with Gasteiger partial charge in [0.15, 0.2) is 0 Å². The van der Waals surface area contributed by atoms with Gasteiger partial charge in [0.25, 0.3) is 6.43 Å². The van der Waals surface area contributed by atoms with Crippen LogP contribution >= 0.6 is 15.9 Å². The van der Waals surface area contributed by atoms with E-state index in [1.807, 2.05) is 0 Å². The monoisotopic (exact) mass is 345 g/mol. The molecule has 1 rings (SSSR count). The van der Waals surface area contributed by atoms with Crippen LogP contribution in [0.2, 0.25) is 0 Å². The Morgan fingerprint density at radius 3 is 2.53 bits per heavy atom. The maximum Gasteiger partial charge on any atom is 0.387 e. The van der Waals surface area contributed by atoms with E-state index in [0.29, 0.717) is 10.0 Å². The standard InChI is InChI=1S/C11H12BrF4NO2/c12-7-1-2-9(19-11(15)16)6(3-7)4-17-5-8(18)10(13)14/h1-3,8,10-11,17-18H,4-5H2. The van der Waals surface area contributed by atoms with Crippen LogP contribution in [0.1, 0.15) is 5.56 Å². The average molecular weight is 346 g/mol. The summed E-state index contributed by atoms with van der Waals surface area (Å²) in [5.74, 6) is -0.0442. The van der Waals surface area contributed by atoms with Gasteiger partial charge in [0.1, 0.15) is 11.9 Å². The summed E-state index contributed by atoms with van der Waals surface area (Å²) in [6.07, 6.45) is -4.65. The highest BCUT2D eigenvalue weighted by Gasteiger charge is 2.16. The Kier molecular flexibility index (Phi) is 6.53. The van der Waals surface area contributed by atoms with Crippen molar-refractivity contribution in [2.24, 2.45) is 0 Å². The molecule has 0 saturated carbocycles. The van der Waals surface area contributed by atoms with E-state index in [1.54, 1.807) is 0 Å². The molecule has 8 heteroatoms. The molecule has 0 saturated heterocycles. The van der Waals surface area contributed by atoms with Crippen molar-refractivity contribution >= 4 is 15.9 Å². The number of aliphatic hydroxyl groups is 1. The van der Waals surface area contributed by atoms with Gasteiger partial charge < -0.3 is 15.2 Å². The number of benzene rings is 1. The summed E-state index contributed by atoms with van der Waals surface area (Å²) in [6, 6.07) is 4.39. The van der Waals surface area contributed by atoms with Crippen LogP contribution in [0.3, 0.4) is 0 Å². The zero-order valence-corrected chi connectivity index (χ0v) is 11.2. The first kappa shape index (κ1) is 16.2. The van der Waals surface area contributed by atoms with E-state index in [9.17, 15) is 17.6 Å². The summed E-state index contributed by atoms with van der Waals surface area (Å²) in [5, 5.41) is 11.4. The maximum atomic E-state index is 12.2. The third-order valence-corrected chi connectivity index (χ3v) is 2.69. The normalized spacial score (nSPS) is 13.1. The molecule has 0 radical (unpaired) electrons. The Hall–Kier alpha value is -0.860. The number of hydrogen-bond donors (Lipinski definition) is 2. The van der Waals surface area contributed by atoms with Gasteiger partial charge in [-0.15, -0.1) is 0 Å². The molecule has 1 atom stereocenters. The Balaban J connectivity index is 2.63. The van der Waals surface area contributed by atoms with Gasteiger partial charge in [-0.25, -0.2) is 8.78 Å². The van der Waals surface area contributed by atoms with Crippen LogP contribution < -0.4 is 10.1 Å². The molecule has 0 aliphatic rings. The van der Waals surface area contributed by atoms with Crippen molar-refractivity contribution < 1.29 is 27.4 Å². The van der Waals surface area contributed by atoms with Crippen LogP contribution in [0.15, 0.2) is 22.7 Å². The molecule has 19 heavy (non-hydrogen) atoms. The SMILES string of the molecule is OC(CNCc1cc(Br)ccc1OC(F)F)C(F)F.